The molecule has 2 aromatic carbocycles. The molecular formula is C17H15N3O2S. The molecule has 0 aliphatic carbocycles. The van der Waals surface area contributed by atoms with Gasteiger partial charge in [0, 0.05) is 10.9 Å². The van der Waals surface area contributed by atoms with Crippen LogP contribution in [0.3, 0.4) is 0 Å². The van der Waals surface area contributed by atoms with Crippen LogP contribution < -0.4 is 10.2 Å². The molecule has 2 N–H and O–H groups in total. The molecule has 0 bridgehead atoms. The molecule has 1 aromatic heterocycles. The predicted molar refractivity (Wildman–Crippen MR) is 93.4 cm³/mol. The Hall–Kier alpha value is -2.86. The minimum atomic E-state index is 0.223. The summed E-state index contributed by atoms with van der Waals surface area (Å²) in [5.74, 6) is 1.01. The lowest BCUT2D eigenvalue weighted by molar-refractivity contribution is 0.415. The van der Waals surface area contributed by atoms with Crippen molar-refractivity contribution in [1.29, 1.82) is 0 Å². The number of aromatic nitrogens is 1. The second kappa shape index (κ2) is 6.93. The molecule has 0 saturated carbocycles. The summed E-state index contributed by atoms with van der Waals surface area (Å²) in [4.78, 5) is 4.44. The van der Waals surface area contributed by atoms with Crippen molar-refractivity contribution in [2.45, 2.75) is 0 Å². The maximum atomic E-state index is 9.52. The van der Waals surface area contributed by atoms with Gasteiger partial charge in [0.25, 0.3) is 0 Å². The van der Waals surface area contributed by atoms with E-state index in [0.717, 1.165) is 22.6 Å². The summed E-state index contributed by atoms with van der Waals surface area (Å²) in [6.07, 6.45) is 1.71. The number of aromatic hydroxyl groups is 1. The van der Waals surface area contributed by atoms with Crippen molar-refractivity contribution in [3.05, 3.63) is 59.5 Å². The van der Waals surface area contributed by atoms with Gasteiger partial charge in [0.1, 0.15) is 11.5 Å². The number of rotatable bonds is 5. The van der Waals surface area contributed by atoms with Gasteiger partial charge in [-0.15, -0.1) is 11.3 Å². The molecule has 1 heterocycles. The number of ether oxygens (including phenoxy) is 1. The molecule has 5 nitrogen and oxygen atoms in total. The van der Waals surface area contributed by atoms with E-state index in [-0.39, 0.29) is 5.75 Å². The standard InChI is InChI=1S/C17H15N3O2S/c1-22-15-7-2-4-12(8-15)10-18-20-17-19-16(11-23-17)13-5-3-6-14(21)9-13/h2-11,21H,1H3,(H,19,20). The van der Waals surface area contributed by atoms with E-state index in [1.165, 1.54) is 11.3 Å². The molecular weight excluding hydrogens is 310 g/mol. The number of hydrazone groups is 1. The van der Waals surface area contributed by atoms with E-state index in [9.17, 15) is 5.11 Å². The number of thiazole rings is 1. The van der Waals surface area contributed by atoms with Crippen LogP contribution in [-0.2, 0) is 0 Å². The van der Waals surface area contributed by atoms with Crippen LogP contribution in [0.2, 0.25) is 0 Å². The van der Waals surface area contributed by atoms with E-state index in [2.05, 4.69) is 15.5 Å². The topological polar surface area (TPSA) is 66.7 Å². The molecule has 6 heteroatoms. The van der Waals surface area contributed by atoms with Gasteiger partial charge in [-0.05, 0) is 29.8 Å². The third-order valence-corrected chi connectivity index (χ3v) is 3.86. The van der Waals surface area contributed by atoms with Crippen molar-refractivity contribution in [2.75, 3.05) is 12.5 Å². The van der Waals surface area contributed by atoms with Crippen LogP contribution in [0.5, 0.6) is 11.5 Å². The number of nitrogens with zero attached hydrogens (tertiary/aromatic N) is 2. The Morgan fingerprint density at radius 3 is 2.91 bits per heavy atom. The normalized spacial score (nSPS) is 10.8. The number of anilines is 1. The van der Waals surface area contributed by atoms with Crippen LogP contribution >= 0.6 is 11.3 Å². The van der Waals surface area contributed by atoms with Gasteiger partial charge < -0.3 is 9.84 Å². The lowest BCUT2D eigenvalue weighted by atomic mass is 10.2. The van der Waals surface area contributed by atoms with Gasteiger partial charge in [-0.3, -0.25) is 5.43 Å². The third kappa shape index (κ3) is 3.87. The van der Waals surface area contributed by atoms with Gasteiger partial charge in [-0.1, -0.05) is 24.3 Å². The molecule has 0 aliphatic heterocycles. The van der Waals surface area contributed by atoms with Gasteiger partial charge in [0.2, 0.25) is 5.13 Å². The number of benzene rings is 2. The van der Waals surface area contributed by atoms with E-state index in [1.807, 2.05) is 35.7 Å². The molecule has 3 aromatic rings. The minimum absolute atomic E-state index is 0.223. The zero-order valence-electron chi connectivity index (χ0n) is 12.4. The molecule has 0 radical (unpaired) electrons. The Labute approximate surface area is 137 Å². The van der Waals surface area contributed by atoms with Gasteiger partial charge >= 0.3 is 0 Å². The average Bonchev–Trinajstić information content (AvgIpc) is 3.04. The molecule has 0 saturated heterocycles. The van der Waals surface area contributed by atoms with E-state index >= 15 is 0 Å². The fourth-order valence-corrected chi connectivity index (χ4v) is 2.68. The summed E-state index contributed by atoms with van der Waals surface area (Å²) in [6, 6.07) is 14.6. The molecule has 0 aliphatic rings. The summed E-state index contributed by atoms with van der Waals surface area (Å²) in [5.41, 5.74) is 5.50. The lowest BCUT2D eigenvalue weighted by Crippen LogP contribution is -1.91. The second-order valence-corrected chi connectivity index (χ2v) is 5.59. The summed E-state index contributed by atoms with van der Waals surface area (Å²) < 4.78 is 5.17. The smallest absolute Gasteiger partial charge is 0.203 e. The van der Waals surface area contributed by atoms with E-state index < -0.39 is 0 Å². The molecule has 3 rings (SSSR count). The monoisotopic (exact) mass is 325 g/mol. The number of phenols is 1. The highest BCUT2D eigenvalue weighted by Gasteiger charge is 2.04. The molecule has 0 fully saturated rings. The van der Waals surface area contributed by atoms with E-state index in [1.54, 1.807) is 31.5 Å². The first-order valence-corrected chi connectivity index (χ1v) is 7.80. The maximum Gasteiger partial charge on any atom is 0.203 e. The summed E-state index contributed by atoms with van der Waals surface area (Å²) in [6.45, 7) is 0. The fourth-order valence-electron chi connectivity index (χ4n) is 2.01. The van der Waals surface area contributed by atoms with Crippen molar-refractivity contribution in [1.82, 2.24) is 4.98 Å². The van der Waals surface area contributed by atoms with E-state index in [4.69, 9.17) is 4.74 Å². The summed E-state index contributed by atoms with van der Waals surface area (Å²) >= 11 is 1.45. The molecule has 0 spiro atoms. The minimum Gasteiger partial charge on any atom is -0.508 e. The van der Waals surface area contributed by atoms with Crippen LogP contribution in [0.15, 0.2) is 59.0 Å². The Morgan fingerprint density at radius 2 is 2.09 bits per heavy atom. The Bertz CT molecular complexity index is 830. The van der Waals surface area contributed by atoms with Crippen molar-refractivity contribution in [3.63, 3.8) is 0 Å². The van der Waals surface area contributed by atoms with Gasteiger partial charge in [0.15, 0.2) is 0 Å². The van der Waals surface area contributed by atoms with Crippen molar-refractivity contribution in [2.24, 2.45) is 5.10 Å². The van der Waals surface area contributed by atoms with E-state index in [0.29, 0.717) is 5.13 Å². The van der Waals surface area contributed by atoms with Crippen molar-refractivity contribution >= 4 is 22.7 Å². The predicted octanol–water partition coefficient (Wildman–Crippen LogP) is 3.97. The average molecular weight is 325 g/mol. The highest BCUT2D eigenvalue weighted by Crippen LogP contribution is 2.27. The van der Waals surface area contributed by atoms with Crippen LogP contribution in [0.4, 0.5) is 5.13 Å². The van der Waals surface area contributed by atoms with Gasteiger partial charge in [-0.25, -0.2) is 4.98 Å². The molecule has 23 heavy (non-hydrogen) atoms. The summed E-state index contributed by atoms with van der Waals surface area (Å²) in [7, 11) is 1.63. The molecule has 0 atom stereocenters. The first-order chi connectivity index (χ1) is 11.2. The maximum absolute atomic E-state index is 9.52. The number of hydrogen-bond donors (Lipinski definition) is 2. The lowest BCUT2D eigenvalue weighted by Gasteiger charge is -1.99. The molecule has 0 unspecified atom stereocenters. The highest BCUT2D eigenvalue weighted by molar-refractivity contribution is 7.14. The Balaban J connectivity index is 1.68. The number of hydrogen-bond acceptors (Lipinski definition) is 6. The van der Waals surface area contributed by atoms with Crippen molar-refractivity contribution < 1.29 is 9.84 Å². The molecule has 0 amide bonds. The van der Waals surface area contributed by atoms with Crippen LogP contribution in [-0.4, -0.2) is 23.4 Å². The largest absolute Gasteiger partial charge is 0.508 e. The fraction of sp³-hybridized carbons (Fsp3) is 0.0588. The van der Waals surface area contributed by atoms with Gasteiger partial charge in [0.05, 0.1) is 19.0 Å². The van der Waals surface area contributed by atoms with Gasteiger partial charge in [-0.2, -0.15) is 5.10 Å². The first kappa shape index (κ1) is 15.1. The number of methoxy groups -OCH3 is 1. The summed E-state index contributed by atoms with van der Waals surface area (Å²) in [5, 5.41) is 16.3. The SMILES string of the molecule is COc1cccc(C=NNc2nc(-c3cccc(O)c3)cs2)c1. The third-order valence-electron chi connectivity index (χ3n) is 3.11. The number of phenolic OH excluding ortho intramolecular Hbond substituents is 1. The zero-order valence-corrected chi connectivity index (χ0v) is 13.2. The quantitative estimate of drug-likeness (QED) is 0.550. The van der Waals surface area contributed by atoms with Crippen molar-refractivity contribution in [3.8, 4) is 22.8 Å². The Kier molecular flexibility index (Phi) is 4.54. The highest BCUT2D eigenvalue weighted by atomic mass is 32.1. The Morgan fingerprint density at radius 1 is 1.22 bits per heavy atom. The first-order valence-electron chi connectivity index (χ1n) is 6.92. The zero-order chi connectivity index (χ0) is 16.1. The number of nitrogens with one attached hydrogen (secondary N) is 1. The van der Waals surface area contributed by atoms with Crippen LogP contribution in [0.1, 0.15) is 5.56 Å². The van der Waals surface area contributed by atoms with Crippen LogP contribution in [0.25, 0.3) is 11.3 Å². The molecule has 116 valence electrons. The second-order valence-electron chi connectivity index (χ2n) is 4.73. The van der Waals surface area contributed by atoms with Crippen LogP contribution in [0, 0.1) is 0 Å².